The van der Waals surface area contributed by atoms with Crippen LogP contribution in [0.3, 0.4) is 0 Å². The summed E-state index contributed by atoms with van der Waals surface area (Å²) in [6.45, 7) is 8.66. The third-order valence-corrected chi connectivity index (χ3v) is 9.04. The van der Waals surface area contributed by atoms with Crippen LogP contribution in [0.5, 0.6) is 0 Å². The van der Waals surface area contributed by atoms with Crippen LogP contribution >= 0.6 is 0 Å². The highest BCUT2D eigenvalue weighted by Gasteiger charge is 2.36. The molecule has 0 aliphatic rings. The van der Waals surface area contributed by atoms with E-state index in [-0.39, 0.29) is 23.8 Å². The van der Waals surface area contributed by atoms with Gasteiger partial charge in [0.05, 0.1) is 10.6 Å². The Balaban J connectivity index is 1.83. The Morgan fingerprint density at radius 2 is 1.42 bits per heavy atom. The average Bonchev–Trinajstić information content (AvgIpc) is 2.99. The summed E-state index contributed by atoms with van der Waals surface area (Å²) in [6, 6.07) is 27.3. The summed E-state index contributed by atoms with van der Waals surface area (Å²) in [7, 11) is -4.19. The SMILES string of the molecule is Cc1ccc(N(CC(=O)N(Cc2ccc(F)cc2)C(Cc2ccccc2)C(=O)NC(C)(C)C)S(=O)(=O)c2ccccc2)c(C)c1. The van der Waals surface area contributed by atoms with Crippen molar-refractivity contribution in [3.63, 3.8) is 0 Å². The topological polar surface area (TPSA) is 86.8 Å². The van der Waals surface area contributed by atoms with Crippen LogP contribution < -0.4 is 9.62 Å². The lowest BCUT2D eigenvalue weighted by Gasteiger charge is -2.35. The molecule has 0 aliphatic carbocycles. The van der Waals surface area contributed by atoms with Crippen LogP contribution in [0.4, 0.5) is 10.1 Å². The number of carbonyl (C=O) groups excluding carboxylic acids is 2. The zero-order chi connectivity index (χ0) is 32.8. The first-order chi connectivity index (χ1) is 21.2. The van der Waals surface area contributed by atoms with E-state index in [1.165, 1.54) is 29.2 Å². The van der Waals surface area contributed by atoms with E-state index < -0.39 is 39.9 Å². The fraction of sp³-hybridized carbons (Fsp3) is 0.278. The minimum absolute atomic E-state index is 0.0363. The maximum absolute atomic E-state index is 14.5. The van der Waals surface area contributed by atoms with Crippen molar-refractivity contribution in [1.29, 1.82) is 0 Å². The van der Waals surface area contributed by atoms with Gasteiger partial charge in [-0.3, -0.25) is 13.9 Å². The Bertz CT molecular complexity index is 1720. The molecule has 1 N–H and O–H groups in total. The molecule has 236 valence electrons. The number of benzene rings is 4. The van der Waals surface area contributed by atoms with Crippen LogP contribution in [0, 0.1) is 19.7 Å². The number of nitrogens with one attached hydrogen (secondary N) is 1. The second-order valence-electron chi connectivity index (χ2n) is 12.2. The molecule has 0 spiro atoms. The van der Waals surface area contributed by atoms with Gasteiger partial charge in [-0.2, -0.15) is 0 Å². The fourth-order valence-corrected chi connectivity index (χ4v) is 6.61. The largest absolute Gasteiger partial charge is 0.350 e. The van der Waals surface area contributed by atoms with Gasteiger partial charge in [-0.15, -0.1) is 0 Å². The van der Waals surface area contributed by atoms with Crippen molar-refractivity contribution >= 4 is 27.5 Å². The number of aryl methyl sites for hydroxylation is 2. The highest BCUT2D eigenvalue weighted by molar-refractivity contribution is 7.92. The van der Waals surface area contributed by atoms with E-state index in [2.05, 4.69) is 5.32 Å². The number of amides is 2. The van der Waals surface area contributed by atoms with Crippen LogP contribution in [-0.4, -0.2) is 43.3 Å². The molecule has 0 heterocycles. The normalized spacial score (nSPS) is 12.3. The molecular weight excluding hydrogens is 589 g/mol. The van der Waals surface area contributed by atoms with Crippen molar-refractivity contribution in [2.24, 2.45) is 0 Å². The summed E-state index contributed by atoms with van der Waals surface area (Å²) in [6.07, 6.45) is 0.185. The van der Waals surface area contributed by atoms with Crippen LogP contribution in [0.2, 0.25) is 0 Å². The second-order valence-corrected chi connectivity index (χ2v) is 14.1. The molecule has 1 atom stereocenters. The van der Waals surface area contributed by atoms with Gasteiger partial charge in [0.1, 0.15) is 18.4 Å². The molecule has 0 bridgehead atoms. The highest BCUT2D eigenvalue weighted by Crippen LogP contribution is 2.28. The number of anilines is 1. The van der Waals surface area contributed by atoms with Crippen molar-refractivity contribution in [2.75, 3.05) is 10.8 Å². The molecule has 1 unspecified atom stereocenters. The van der Waals surface area contributed by atoms with Crippen molar-refractivity contribution in [3.05, 3.63) is 131 Å². The van der Waals surface area contributed by atoms with E-state index in [1.807, 2.05) is 64.1 Å². The predicted molar refractivity (Wildman–Crippen MR) is 176 cm³/mol. The maximum Gasteiger partial charge on any atom is 0.264 e. The van der Waals surface area contributed by atoms with Crippen molar-refractivity contribution in [3.8, 4) is 0 Å². The number of rotatable bonds is 11. The standard InChI is InChI=1S/C36H40FN3O4S/c1-26-16-21-32(27(2)22-26)40(45(43,44)31-14-10-7-11-15-31)25-34(41)39(24-29-17-19-30(37)20-18-29)33(35(42)38-36(3,4)5)23-28-12-8-6-9-13-28/h6-22,33H,23-25H2,1-5H3,(H,38,42). The Morgan fingerprint density at radius 3 is 2.00 bits per heavy atom. The van der Waals surface area contributed by atoms with Crippen LogP contribution in [0.1, 0.15) is 43.0 Å². The summed E-state index contributed by atoms with van der Waals surface area (Å²) in [5.41, 5.74) is 2.80. The van der Waals surface area contributed by atoms with Crippen molar-refractivity contribution in [2.45, 2.75) is 64.1 Å². The molecular formula is C36H40FN3O4S. The number of carbonyl (C=O) groups is 2. The first kappa shape index (κ1) is 33.4. The molecule has 4 rings (SSSR count). The second kappa shape index (κ2) is 14.1. The van der Waals surface area contributed by atoms with Gasteiger partial charge in [-0.05, 0) is 81.6 Å². The third kappa shape index (κ3) is 8.79. The molecule has 0 saturated carbocycles. The summed E-state index contributed by atoms with van der Waals surface area (Å²) < 4.78 is 43.2. The Morgan fingerprint density at radius 1 is 0.822 bits per heavy atom. The predicted octanol–water partition coefficient (Wildman–Crippen LogP) is 6.19. The molecule has 4 aromatic rings. The van der Waals surface area contributed by atoms with E-state index in [0.29, 0.717) is 16.8 Å². The highest BCUT2D eigenvalue weighted by atomic mass is 32.2. The zero-order valence-electron chi connectivity index (χ0n) is 26.3. The number of hydrogen-bond donors (Lipinski definition) is 1. The van der Waals surface area contributed by atoms with Crippen LogP contribution in [0.25, 0.3) is 0 Å². The van der Waals surface area contributed by atoms with Gasteiger partial charge in [-0.25, -0.2) is 12.8 Å². The van der Waals surface area contributed by atoms with Gasteiger partial charge in [0.25, 0.3) is 10.0 Å². The first-order valence-electron chi connectivity index (χ1n) is 14.8. The van der Waals surface area contributed by atoms with E-state index in [4.69, 9.17) is 0 Å². The van der Waals surface area contributed by atoms with Gasteiger partial charge in [-0.1, -0.05) is 78.4 Å². The monoisotopic (exact) mass is 629 g/mol. The summed E-state index contributed by atoms with van der Waals surface area (Å²) in [5, 5.41) is 3.00. The minimum Gasteiger partial charge on any atom is -0.350 e. The van der Waals surface area contributed by atoms with E-state index in [0.717, 1.165) is 15.4 Å². The van der Waals surface area contributed by atoms with E-state index >= 15 is 0 Å². The quantitative estimate of drug-likeness (QED) is 0.214. The van der Waals surface area contributed by atoms with E-state index in [9.17, 15) is 22.4 Å². The van der Waals surface area contributed by atoms with Crippen molar-refractivity contribution < 1.29 is 22.4 Å². The lowest BCUT2D eigenvalue weighted by molar-refractivity contribution is -0.140. The Kier molecular flexibility index (Phi) is 10.4. The molecule has 0 saturated heterocycles. The smallest absolute Gasteiger partial charge is 0.264 e. The average molecular weight is 630 g/mol. The minimum atomic E-state index is -4.19. The van der Waals surface area contributed by atoms with Gasteiger partial charge < -0.3 is 10.2 Å². The number of nitrogens with zero attached hydrogens (tertiary/aromatic N) is 2. The lowest BCUT2D eigenvalue weighted by atomic mass is 10.0. The Labute approximate surface area is 265 Å². The van der Waals surface area contributed by atoms with Crippen LogP contribution in [0.15, 0.2) is 108 Å². The number of halogens is 1. The molecule has 4 aromatic carbocycles. The van der Waals surface area contributed by atoms with Crippen molar-refractivity contribution in [1.82, 2.24) is 10.2 Å². The summed E-state index contributed by atoms with van der Waals surface area (Å²) in [4.78, 5) is 29.9. The summed E-state index contributed by atoms with van der Waals surface area (Å²) >= 11 is 0. The Hall–Kier alpha value is -4.50. The molecule has 2 amide bonds. The van der Waals surface area contributed by atoms with Gasteiger partial charge in [0, 0.05) is 18.5 Å². The molecule has 0 aliphatic heterocycles. The van der Waals surface area contributed by atoms with E-state index in [1.54, 1.807) is 49.4 Å². The maximum atomic E-state index is 14.5. The molecule has 0 radical (unpaired) electrons. The lowest BCUT2D eigenvalue weighted by Crippen LogP contribution is -2.56. The molecule has 0 fully saturated rings. The fourth-order valence-electron chi connectivity index (χ4n) is 5.11. The third-order valence-electron chi connectivity index (χ3n) is 7.27. The number of sulfonamides is 1. The molecule has 45 heavy (non-hydrogen) atoms. The van der Waals surface area contributed by atoms with Gasteiger partial charge >= 0.3 is 0 Å². The first-order valence-corrected chi connectivity index (χ1v) is 16.2. The van der Waals surface area contributed by atoms with Crippen LogP contribution in [-0.2, 0) is 32.6 Å². The molecule has 7 nitrogen and oxygen atoms in total. The zero-order valence-corrected chi connectivity index (χ0v) is 27.1. The summed E-state index contributed by atoms with van der Waals surface area (Å²) in [5.74, 6) is -1.40. The number of hydrogen-bond acceptors (Lipinski definition) is 4. The van der Waals surface area contributed by atoms with Gasteiger partial charge in [0.2, 0.25) is 11.8 Å². The molecule has 9 heteroatoms. The molecule has 0 aromatic heterocycles. The van der Waals surface area contributed by atoms with Gasteiger partial charge in [0.15, 0.2) is 0 Å².